The van der Waals surface area contributed by atoms with Crippen LogP contribution in [-0.4, -0.2) is 23.0 Å². The summed E-state index contributed by atoms with van der Waals surface area (Å²) in [4.78, 5) is 18.6. The second-order valence-electron chi connectivity index (χ2n) is 4.01. The second kappa shape index (κ2) is 5.75. The van der Waals surface area contributed by atoms with Gasteiger partial charge in [-0.1, -0.05) is 11.6 Å². The summed E-state index contributed by atoms with van der Waals surface area (Å²) in [6, 6.07) is 4.95. The Balaban J connectivity index is 2.15. The molecule has 1 heterocycles. The minimum Gasteiger partial charge on any atom is -0.465 e. The number of nitrogens with zero attached hydrogens (tertiary/aromatic N) is 1. The third-order valence-electron chi connectivity index (χ3n) is 2.77. The van der Waals surface area contributed by atoms with Gasteiger partial charge >= 0.3 is 5.97 Å². The first-order chi connectivity index (χ1) is 9.11. The Morgan fingerprint density at radius 2 is 2.32 bits per heavy atom. The highest BCUT2D eigenvalue weighted by atomic mass is 35.5. The van der Waals surface area contributed by atoms with Crippen LogP contribution in [0.5, 0.6) is 0 Å². The van der Waals surface area contributed by atoms with Crippen LogP contribution >= 0.6 is 11.6 Å². The maximum Gasteiger partial charge on any atom is 0.337 e. The Morgan fingerprint density at radius 1 is 1.53 bits per heavy atom. The van der Waals surface area contributed by atoms with Crippen molar-refractivity contribution in [3.8, 4) is 0 Å². The average Bonchev–Trinajstić information content (AvgIpc) is 2.82. The Labute approximate surface area is 116 Å². The lowest BCUT2D eigenvalue weighted by Gasteiger charge is -2.09. The third-order valence-corrected chi connectivity index (χ3v) is 3.10. The first-order valence-corrected chi connectivity index (χ1v) is 6.10. The quantitative estimate of drug-likeness (QED) is 0.845. The second-order valence-corrected chi connectivity index (χ2v) is 4.42. The summed E-state index contributed by atoms with van der Waals surface area (Å²) in [5.74, 6) is -0.393. The van der Waals surface area contributed by atoms with E-state index < -0.39 is 5.97 Å². The van der Waals surface area contributed by atoms with E-state index in [1.165, 1.54) is 7.11 Å². The fourth-order valence-corrected chi connectivity index (χ4v) is 1.83. The van der Waals surface area contributed by atoms with Crippen LogP contribution in [-0.2, 0) is 11.3 Å². The van der Waals surface area contributed by atoms with Crippen LogP contribution in [0, 0.1) is 6.92 Å². The van der Waals surface area contributed by atoms with Crippen LogP contribution in [0.3, 0.4) is 0 Å². The zero-order valence-corrected chi connectivity index (χ0v) is 11.4. The van der Waals surface area contributed by atoms with Gasteiger partial charge in [0.15, 0.2) is 0 Å². The molecule has 0 atom stereocenters. The van der Waals surface area contributed by atoms with Gasteiger partial charge in [-0.2, -0.15) is 0 Å². The number of hydrogen-bond donors (Lipinski definition) is 2. The van der Waals surface area contributed by atoms with Gasteiger partial charge in [0.2, 0.25) is 0 Å². The number of methoxy groups -OCH3 is 1. The highest BCUT2D eigenvalue weighted by molar-refractivity contribution is 6.33. The summed E-state index contributed by atoms with van der Waals surface area (Å²) in [7, 11) is 1.34. The normalized spacial score (nSPS) is 10.3. The summed E-state index contributed by atoms with van der Waals surface area (Å²) < 4.78 is 4.67. The number of halogens is 1. The lowest BCUT2D eigenvalue weighted by Crippen LogP contribution is -2.05. The van der Waals surface area contributed by atoms with E-state index in [2.05, 4.69) is 20.0 Å². The number of ether oxygens (including phenoxy) is 1. The molecule has 6 heteroatoms. The Kier molecular flexibility index (Phi) is 4.06. The number of imidazole rings is 1. The van der Waals surface area contributed by atoms with Crippen LogP contribution in [0.4, 0.5) is 5.69 Å². The van der Waals surface area contributed by atoms with E-state index in [4.69, 9.17) is 11.6 Å². The molecule has 0 radical (unpaired) electrons. The molecule has 2 aromatic rings. The molecule has 1 aromatic heterocycles. The number of nitrogens with one attached hydrogen (secondary N) is 2. The number of carbonyl (C=O) groups is 1. The van der Waals surface area contributed by atoms with Crippen LogP contribution in [0.2, 0.25) is 5.02 Å². The molecular weight excluding hydrogens is 266 g/mol. The zero-order valence-electron chi connectivity index (χ0n) is 10.7. The molecule has 0 aliphatic rings. The molecule has 0 unspecified atom stereocenters. The predicted octanol–water partition coefficient (Wildman–Crippen LogP) is 2.77. The summed E-state index contributed by atoms with van der Waals surface area (Å²) in [5.41, 5.74) is 3.02. The molecule has 0 bridgehead atoms. The van der Waals surface area contributed by atoms with Crippen LogP contribution in [0.15, 0.2) is 24.5 Å². The lowest BCUT2D eigenvalue weighted by molar-refractivity contribution is 0.0601. The molecule has 0 saturated heterocycles. The van der Waals surface area contributed by atoms with Gasteiger partial charge in [-0.25, -0.2) is 9.78 Å². The fourth-order valence-electron chi connectivity index (χ4n) is 1.65. The molecular formula is C13H14ClN3O2. The molecule has 19 heavy (non-hydrogen) atoms. The van der Waals surface area contributed by atoms with Gasteiger partial charge in [-0.15, -0.1) is 0 Å². The highest BCUT2D eigenvalue weighted by Crippen LogP contribution is 2.24. The molecule has 0 aliphatic heterocycles. The largest absolute Gasteiger partial charge is 0.465 e. The molecule has 1 aromatic carbocycles. The van der Waals surface area contributed by atoms with Crippen LogP contribution in [0.1, 0.15) is 21.7 Å². The van der Waals surface area contributed by atoms with E-state index >= 15 is 0 Å². The topological polar surface area (TPSA) is 67.0 Å². The molecule has 0 aliphatic carbocycles. The monoisotopic (exact) mass is 279 g/mol. The molecule has 0 spiro atoms. The Bertz CT molecular complexity index is 595. The van der Waals surface area contributed by atoms with Gasteiger partial charge in [0.25, 0.3) is 0 Å². The van der Waals surface area contributed by atoms with Crippen molar-refractivity contribution < 1.29 is 9.53 Å². The van der Waals surface area contributed by atoms with Crippen molar-refractivity contribution in [1.82, 2.24) is 9.97 Å². The maximum atomic E-state index is 11.5. The van der Waals surface area contributed by atoms with E-state index in [0.29, 0.717) is 22.8 Å². The van der Waals surface area contributed by atoms with Crippen molar-refractivity contribution >= 4 is 23.3 Å². The number of carbonyl (C=O) groups excluding carboxylic acids is 1. The van der Waals surface area contributed by atoms with Crippen molar-refractivity contribution in [3.63, 3.8) is 0 Å². The zero-order chi connectivity index (χ0) is 13.8. The predicted molar refractivity (Wildman–Crippen MR) is 73.4 cm³/mol. The lowest BCUT2D eigenvalue weighted by atomic mass is 10.2. The Morgan fingerprint density at radius 3 is 2.95 bits per heavy atom. The van der Waals surface area contributed by atoms with Crippen molar-refractivity contribution in [3.05, 3.63) is 46.5 Å². The average molecular weight is 280 g/mol. The van der Waals surface area contributed by atoms with Crippen molar-refractivity contribution in [2.45, 2.75) is 13.5 Å². The summed E-state index contributed by atoms with van der Waals surface area (Å²) in [5, 5.41) is 3.70. The number of aromatic nitrogens is 2. The molecule has 100 valence electrons. The first-order valence-electron chi connectivity index (χ1n) is 5.72. The van der Waals surface area contributed by atoms with E-state index in [-0.39, 0.29) is 0 Å². The first kappa shape index (κ1) is 13.4. The highest BCUT2D eigenvalue weighted by Gasteiger charge is 2.09. The van der Waals surface area contributed by atoms with E-state index in [1.54, 1.807) is 24.5 Å². The summed E-state index contributed by atoms with van der Waals surface area (Å²) >= 11 is 6.08. The minimum absolute atomic E-state index is 0.393. The van der Waals surface area contributed by atoms with E-state index in [1.807, 2.05) is 6.92 Å². The number of rotatable bonds is 4. The van der Waals surface area contributed by atoms with Crippen molar-refractivity contribution in [2.24, 2.45) is 0 Å². The third kappa shape index (κ3) is 3.06. The SMILES string of the molecule is COC(=O)c1ccc(Cl)c(NCc2nc[nH]c2C)c1. The number of benzene rings is 1. The number of H-pyrrole nitrogens is 1. The smallest absolute Gasteiger partial charge is 0.337 e. The van der Waals surface area contributed by atoms with E-state index in [0.717, 1.165) is 11.4 Å². The van der Waals surface area contributed by atoms with Crippen molar-refractivity contribution in [1.29, 1.82) is 0 Å². The molecule has 2 N–H and O–H groups in total. The molecule has 0 fully saturated rings. The van der Waals surface area contributed by atoms with Gasteiger partial charge in [-0.05, 0) is 25.1 Å². The number of aromatic amines is 1. The number of anilines is 1. The minimum atomic E-state index is -0.393. The fraction of sp³-hybridized carbons (Fsp3) is 0.231. The van der Waals surface area contributed by atoms with Gasteiger partial charge in [-0.3, -0.25) is 0 Å². The maximum absolute atomic E-state index is 11.5. The molecule has 2 rings (SSSR count). The van der Waals surface area contributed by atoms with Gasteiger partial charge < -0.3 is 15.0 Å². The van der Waals surface area contributed by atoms with Crippen molar-refractivity contribution in [2.75, 3.05) is 12.4 Å². The Hall–Kier alpha value is -2.01. The molecule has 0 saturated carbocycles. The van der Waals surface area contributed by atoms with Gasteiger partial charge in [0, 0.05) is 5.69 Å². The summed E-state index contributed by atoms with van der Waals surface area (Å²) in [6.07, 6.45) is 1.64. The number of aryl methyl sites for hydroxylation is 1. The molecule has 5 nitrogen and oxygen atoms in total. The number of esters is 1. The van der Waals surface area contributed by atoms with Gasteiger partial charge in [0.05, 0.1) is 41.9 Å². The van der Waals surface area contributed by atoms with Crippen LogP contribution < -0.4 is 5.32 Å². The van der Waals surface area contributed by atoms with E-state index in [9.17, 15) is 4.79 Å². The van der Waals surface area contributed by atoms with Crippen LogP contribution in [0.25, 0.3) is 0 Å². The van der Waals surface area contributed by atoms with Gasteiger partial charge in [0.1, 0.15) is 0 Å². The molecule has 0 amide bonds. The number of hydrogen-bond acceptors (Lipinski definition) is 4. The summed E-state index contributed by atoms with van der Waals surface area (Å²) in [6.45, 7) is 2.47. The standard InChI is InChI=1S/C13H14ClN3O2/c1-8-12(17-7-16-8)6-15-11-5-9(13(18)19-2)3-4-10(11)14/h3-5,7,15H,6H2,1-2H3,(H,16,17).